The fourth-order valence-electron chi connectivity index (χ4n) is 5.74. The quantitative estimate of drug-likeness (QED) is 0.458. The predicted octanol–water partition coefficient (Wildman–Crippen LogP) is 9.61. The van der Waals surface area contributed by atoms with Gasteiger partial charge in [0.15, 0.2) is 0 Å². The Morgan fingerprint density at radius 1 is 0.812 bits per heavy atom. The summed E-state index contributed by atoms with van der Waals surface area (Å²) in [5.41, 5.74) is 8.40. The van der Waals surface area contributed by atoms with E-state index in [1.807, 2.05) is 13.8 Å². The monoisotopic (exact) mass is 426 g/mol. The molecule has 2 aromatic carbocycles. The van der Waals surface area contributed by atoms with Crippen molar-refractivity contribution in [3.05, 3.63) is 89.5 Å². The van der Waals surface area contributed by atoms with Crippen LogP contribution < -0.4 is 0 Å². The summed E-state index contributed by atoms with van der Waals surface area (Å²) >= 11 is 0. The Balaban J connectivity index is 0.000000244. The molecule has 1 fully saturated rings. The first-order valence-corrected chi connectivity index (χ1v) is 12.8. The van der Waals surface area contributed by atoms with Crippen molar-refractivity contribution in [2.45, 2.75) is 73.1 Å². The average molecular weight is 427 g/mol. The third-order valence-electron chi connectivity index (χ3n) is 7.60. The van der Waals surface area contributed by atoms with Crippen LogP contribution in [0.15, 0.2) is 72.8 Å². The molecule has 0 nitrogen and oxygen atoms in total. The summed E-state index contributed by atoms with van der Waals surface area (Å²) < 4.78 is 0. The van der Waals surface area contributed by atoms with Crippen molar-refractivity contribution in [2.75, 3.05) is 0 Å². The van der Waals surface area contributed by atoms with Crippen molar-refractivity contribution >= 4 is 5.57 Å². The largest absolute Gasteiger partial charge is 0.0807 e. The van der Waals surface area contributed by atoms with Gasteiger partial charge in [0.2, 0.25) is 0 Å². The van der Waals surface area contributed by atoms with Gasteiger partial charge in [-0.05, 0) is 57.6 Å². The van der Waals surface area contributed by atoms with Gasteiger partial charge in [0.25, 0.3) is 0 Å². The highest BCUT2D eigenvalue weighted by Gasteiger charge is 2.42. The van der Waals surface area contributed by atoms with Crippen molar-refractivity contribution in [3.63, 3.8) is 0 Å². The van der Waals surface area contributed by atoms with E-state index in [-0.39, 0.29) is 5.41 Å². The first kappa shape index (κ1) is 24.3. The van der Waals surface area contributed by atoms with E-state index in [0.717, 1.165) is 24.2 Å². The second-order valence-electron chi connectivity index (χ2n) is 9.59. The number of hydrogen-bond acceptors (Lipinski definition) is 0. The molecule has 0 aromatic heterocycles. The first-order valence-electron chi connectivity index (χ1n) is 12.8. The van der Waals surface area contributed by atoms with Crippen LogP contribution in [-0.4, -0.2) is 0 Å². The highest BCUT2D eigenvalue weighted by Crippen LogP contribution is 2.51. The summed E-state index contributed by atoms with van der Waals surface area (Å²) in [6.07, 6.45) is 14.9. The van der Waals surface area contributed by atoms with Crippen LogP contribution in [0.5, 0.6) is 0 Å². The minimum atomic E-state index is 0.0762. The Morgan fingerprint density at radius 2 is 1.44 bits per heavy atom. The van der Waals surface area contributed by atoms with Gasteiger partial charge in [-0.25, -0.2) is 0 Å². The highest BCUT2D eigenvalue weighted by atomic mass is 14.5. The molecule has 0 amide bonds. The normalized spacial score (nSPS) is 23.5. The summed E-state index contributed by atoms with van der Waals surface area (Å²) in [6.45, 7) is 15.6. The lowest BCUT2D eigenvalue weighted by Crippen LogP contribution is -2.14. The van der Waals surface area contributed by atoms with E-state index >= 15 is 0 Å². The maximum atomic E-state index is 2.38. The van der Waals surface area contributed by atoms with Crippen molar-refractivity contribution < 1.29 is 0 Å². The molecule has 0 radical (unpaired) electrons. The molecule has 3 aliphatic carbocycles. The Hall–Kier alpha value is -2.34. The summed E-state index contributed by atoms with van der Waals surface area (Å²) in [7, 11) is 0. The Labute approximate surface area is 197 Å². The standard InChI is InChI=1S/C22H20.C8H16.C2H6/c1-22(2)19-14-8-7-12-18(19)21-17(13-9-15-20(21)22)16-10-5-3-4-6-11-16;1-4-7-6(3)8(7)5-2;1-2/h3,5-15H,4H2,1-2H3;6-8H,4-5H2,1-3H3;1-2H3. The van der Waals surface area contributed by atoms with Crippen molar-refractivity contribution in [2.24, 2.45) is 17.8 Å². The predicted molar refractivity (Wildman–Crippen MR) is 143 cm³/mol. The second-order valence-corrected chi connectivity index (χ2v) is 9.59. The van der Waals surface area contributed by atoms with Crippen LogP contribution in [-0.2, 0) is 5.41 Å². The van der Waals surface area contributed by atoms with Gasteiger partial charge in [-0.3, -0.25) is 0 Å². The van der Waals surface area contributed by atoms with E-state index in [0.29, 0.717) is 0 Å². The molecule has 2 unspecified atom stereocenters. The van der Waals surface area contributed by atoms with Crippen LogP contribution in [0.2, 0.25) is 0 Å². The number of benzene rings is 2. The van der Waals surface area contributed by atoms with Crippen LogP contribution in [0.1, 0.15) is 84.4 Å². The number of rotatable bonds is 3. The van der Waals surface area contributed by atoms with Crippen molar-refractivity contribution in [1.82, 2.24) is 0 Å². The molecule has 0 bridgehead atoms. The van der Waals surface area contributed by atoms with Gasteiger partial charge in [-0.2, -0.15) is 0 Å². The molecule has 2 atom stereocenters. The molecule has 0 N–H and O–H groups in total. The average Bonchev–Trinajstić information content (AvgIpc) is 3.51. The molecule has 32 heavy (non-hydrogen) atoms. The Kier molecular flexibility index (Phi) is 7.99. The van der Waals surface area contributed by atoms with E-state index in [4.69, 9.17) is 0 Å². The van der Waals surface area contributed by atoms with Gasteiger partial charge >= 0.3 is 0 Å². The zero-order valence-corrected chi connectivity index (χ0v) is 21.3. The molecule has 0 heteroatoms. The fraction of sp³-hybridized carbons (Fsp3) is 0.438. The summed E-state index contributed by atoms with van der Waals surface area (Å²) in [6, 6.07) is 15.6. The Morgan fingerprint density at radius 3 is 2.09 bits per heavy atom. The smallest absolute Gasteiger partial charge is 0.0159 e. The molecular weight excluding hydrogens is 384 g/mol. The molecule has 2 aromatic rings. The van der Waals surface area contributed by atoms with Gasteiger partial charge in [-0.15, -0.1) is 0 Å². The minimum Gasteiger partial charge on any atom is -0.0807 e. The van der Waals surface area contributed by atoms with Crippen LogP contribution in [0.25, 0.3) is 16.7 Å². The second kappa shape index (κ2) is 10.5. The molecule has 0 heterocycles. The summed E-state index contributed by atoms with van der Waals surface area (Å²) in [4.78, 5) is 0. The van der Waals surface area contributed by atoms with Crippen LogP contribution in [0.4, 0.5) is 0 Å². The minimum absolute atomic E-state index is 0.0762. The van der Waals surface area contributed by atoms with Crippen LogP contribution in [0.3, 0.4) is 0 Å². The van der Waals surface area contributed by atoms with Gasteiger partial charge in [-0.1, -0.05) is 134 Å². The lowest BCUT2D eigenvalue weighted by molar-refractivity contribution is 0.660. The van der Waals surface area contributed by atoms with Crippen LogP contribution in [0, 0.1) is 17.8 Å². The molecule has 1 saturated carbocycles. The van der Waals surface area contributed by atoms with E-state index in [2.05, 4.69) is 107 Å². The first-order chi connectivity index (χ1) is 15.5. The molecule has 170 valence electrons. The van der Waals surface area contributed by atoms with E-state index in [1.54, 1.807) is 0 Å². The maximum absolute atomic E-state index is 2.38. The fourth-order valence-corrected chi connectivity index (χ4v) is 5.74. The molecule has 0 aliphatic heterocycles. The lowest BCUT2D eigenvalue weighted by atomic mass is 9.82. The Bertz CT molecular complexity index is 988. The zero-order valence-electron chi connectivity index (χ0n) is 21.3. The van der Waals surface area contributed by atoms with E-state index in [9.17, 15) is 0 Å². The molecule has 0 saturated heterocycles. The van der Waals surface area contributed by atoms with E-state index < -0.39 is 0 Å². The third kappa shape index (κ3) is 4.56. The number of fused-ring (bicyclic) bond motifs is 3. The molecular formula is C32H42. The summed E-state index contributed by atoms with van der Waals surface area (Å²) in [5.74, 6) is 3.21. The maximum Gasteiger partial charge on any atom is 0.0159 e. The van der Waals surface area contributed by atoms with Gasteiger partial charge in [0, 0.05) is 5.41 Å². The third-order valence-corrected chi connectivity index (χ3v) is 7.60. The van der Waals surface area contributed by atoms with Crippen LogP contribution >= 0.6 is 0 Å². The number of hydrogen-bond donors (Lipinski definition) is 0. The van der Waals surface area contributed by atoms with Crippen molar-refractivity contribution in [1.29, 1.82) is 0 Å². The molecule has 0 spiro atoms. The van der Waals surface area contributed by atoms with E-state index in [1.165, 1.54) is 46.2 Å². The SMILES string of the molecule is CC.CC1(C)c2ccccc2-c2c(C3=CC=CCC=C3)cccc21.CCC1C(C)C1CC. The highest BCUT2D eigenvalue weighted by molar-refractivity contribution is 5.92. The van der Waals surface area contributed by atoms with Gasteiger partial charge in [0.1, 0.15) is 0 Å². The molecule has 3 aliphatic rings. The molecule has 5 rings (SSSR count). The topological polar surface area (TPSA) is 0 Å². The lowest BCUT2D eigenvalue weighted by Gasteiger charge is -2.21. The van der Waals surface area contributed by atoms with Gasteiger partial charge < -0.3 is 0 Å². The number of allylic oxidation sites excluding steroid dienone is 6. The van der Waals surface area contributed by atoms with Crippen molar-refractivity contribution in [3.8, 4) is 11.1 Å². The van der Waals surface area contributed by atoms with Gasteiger partial charge in [0.05, 0.1) is 0 Å². The zero-order chi connectivity index (χ0) is 23.3. The summed E-state index contributed by atoms with van der Waals surface area (Å²) in [5, 5.41) is 0.